The summed E-state index contributed by atoms with van der Waals surface area (Å²) in [6, 6.07) is 7.38. The van der Waals surface area contributed by atoms with E-state index in [1.165, 1.54) is 0 Å². The van der Waals surface area contributed by atoms with Gasteiger partial charge < -0.3 is 5.32 Å². The van der Waals surface area contributed by atoms with Gasteiger partial charge >= 0.3 is 5.69 Å². The monoisotopic (exact) mass is 243 g/mol. The van der Waals surface area contributed by atoms with Crippen LogP contribution in [0.3, 0.4) is 0 Å². The lowest BCUT2D eigenvalue weighted by Gasteiger charge is -2.08. The number of nitro groups is 1. The summed E-state index contributed by atoms with van der Waals surface area (Å²) in [7, 11) is 0. The number of nitrogens with zero attached hydrogens (tertiary/aromatic N) is 2. The van der Waals surface area contributed by atoms with Crippen molar-refractivity contribution in [2.75, 3.05) is 5.32 Å². The number of hydrogen-bond donors (Lipinski definition) is 1. The fourth-order valence-electron chi connectivity index (χ4n) is 2.17. The summed E-state index contributed by atoms with van der Waals surface area (Å²) in [5, 5.41) is 15.1. The summed E-state index contributed by atoms with van der Waals surface area (Å²) in [4.78, 5) is 15.1. The molecule has 0 amide bonds. The summed E-state index contributed by atoms with van der Waals surface area (Å²) in [5.74, 6) is 0.592. The van der Waals surface area contributed by atoms with Crippen LogP contribution in [-0.2, 0) is 0 Å². The van der Waals surface area contributed by atoms with E-state index in [0.717, 1.165) is 6.42 Å². The Bertz CT molecular complexity index is 627. The average molecular weight is 243 g/mol. The van der Waals surface area contributed by atoms with E-state index in [2.05, 4.69) is 17.2 Å². The molecule has 2 unspecified atom stereocenters. The maximum absolute atomic E-state index is 11.3. The van der Waals surface area contributed by atoms with Crippen molar-refractivity contribution in [1.82, 2.24) is 4.98 Å². The summed E-state index contributed by atoms with van der Waals surface area (Å²) in [6.45, 7) is 2.13. The first kappa shape index (κ1) is 11.0. The van der Waals surface area contributed by atoms with Gasteiger partial charge in [-0.05, 0) is 36.6 Å². The Balaban J connectivity index is 2.12. The van der Waals surface area contributed by atoms with Gasteiger partial charge in [0.15, 0.2) is 0 Å². The standard InChI is InChI=1S/C13H13N3O2/c1-8-7-12(8)15-11-5-4-10-9(3-2-6-14-10)13(11)16(17)18/h2-6,8,12,15H,7H2,1H3. The fraction of sp³-hybridized carbons (Fsp3) is 0.308. The SMILES string of the molecule is CC1CC1Nc1ccc2ncccc2c1[N+](=O)[O-]. The third-order valence-electron chi connectivity index (χ3n) is 3.39. The lowest BCUT2D eigenvalue weighted by atomic mass is 10.1. The van der Waals surface area contributed by atoms with E-state index >= 15 is 0 Å². The molecular weight excluding hydrogens is 230 g/mol. The van der Waals surface area contributed by atoms with Crippen LogP contribution in [0.2, 0.25) is 0 Å². The van der Waals surface area contributed by atoms with Gasteiger partial charge in [0.1, 0.15) is 5.69 Å². The molecule has 2 atom stereocenters. The van der Waals surface area contributed by atoms with Gasteiger partial charge in [0, 0.05) is 12.2 Å². The predicted octanol–water partition coefficient (Wildman–Crippen LogP) is 2.96. The summed E-state index contributed by atoms with van der Waals surface area (Å²) in [5.41, 5.74) is 1.37. The van der Waals surface area contributed by atoms with E-state index in [0.29, 0.717) is 28.6 Å². The highest BCUT2D eigenvalue weighted by Crippen LogP contribution is 2.38. The number of nitrogens with one attached hydrogen (secondary N) is 1. The number of nitro benzene ring substituents is 1. The first-order valence-electron chi connectivity index (χ1n) is 5.95. The topological polar surface area (TPSA) is 68.1 Å². The molecule has 1 N–H and O–H groups in total. The number of hydrogen-bond acceptors (Lipinski definition) is 4. The highest BCUT2D eigenvalue weighted by atomic mass is 16.6. The molecule has 1 heterocycles. The van der Waals surface area contributed by atoms with Crippen LogP contribution in [0.5, 0.6) is 0 Å². The molecule has 5 nitrogen and oxygen atoms in total. The Morgan fingerprint density at radius 1 is 1.44 bits per heavy atom. The first-order chi connectivity index (χ1) is 8.66. The van der Waals surface area contributed by atoms with Gasteiger partial charge in [-0.25, -0.2) is 0 Å². The molecule has 0 radical (unpaired) electrons. The molecule has 18 heavy (non-hydrogen) atoms. The molecule has 1 saturated carbocycles. The molecule has 5 heteroatoms. The Hall–Kier alpha value is -2.17. The van der Waals surface area contributed by atoms with Crippen molar-refractivity contribution in [3.8, 4) is 0 Å². The normalized spacial score (nSPS) is 21.8. The second-order valence-corrected chi connectivity index (χ2v) is 4.75. The van der Waals surface area contributed by atoms with Crippen LogP contribution in [0.1, 0.15) is 13.3 Å². The zero-order valence-corrected chi connectivity index (χ0v) is 9.96. The largest absolute Gasteiger partial charge is 0.376 e. The molecule has 3 rings (SSSR count). The maximum atomic E-state index is 11.3. The molecule has 1 fully saturated rings. The van der Waals surface area contributed by atoms with Gasteiger partial charge in [-0.15, -0.1) is 0 Å². The quantitative estimate of drug-likeness (QED) is 0.664. The van der Waals surface area contributed by atoms with Crippen molar-refractivity contribution in [3.05, 3.63) is 40.6 Å². The number of benzene rings is 1. The minimum Gasteiger partial charge on any atom is -0.376 e. The van der Waals surface area contributed by atoms with E-state index in [1.54, 1.807) is 24.4 Å². The van der Waals surface area contributed by atoms with E-state index < -0.39 is 0 Å². The van der Waals surface area contributed by atoms with Crippen molar-refractivity contribution in [3.63, 3.8) is 0 Å². The van der Waals surface area contributed by atoms with E-state index in [9.17, 15) is 10.1 Å². The molecule has 0 saturated heterocycles. The minimum absolute atomic E-state index is 0.125. The van der Waals surface area contributed by atoms with Crippen LogP contribution in [0.15, 0.2) is 30.5 Å². The van der Waals surface area contributed by atoms with Gasteiger partial charge in [0.2, 0.25) is 0 Å². The maximum Gasteiger partial charge on any atom is 0.301 e. The Labute approximate surface area is 104 Å². The second-order valence-electron chi connectivity index (χ2n) is 4.75. The van der Waals surface area contributed by atoms with E-state index in [-0.39, 0.29) is 10.6 Å². The number of pyridine rings is 1. The van der Waals surface area contributed by atoms with E-state index in [1.807, 2.05) is 6.07 Å². The van der Waals surface area contributed by atoms with Gasteiger partial charge in [-0.3, -0.25) is 15.1 Å². The van der Waals surface area contributed by atoms with Crippen molar-refractivity contribution in [2.45, 2.75) is 19.4 Å². The Morgan fingerprint density at radius 3 is 2.89 bits per heavy atom. The Morgan fingerprint density at radius 2 is 2.22 bits per heavy atom. The van der Waals surface area contributed by atoms with Crippen LogP contribution in [-0.4, -0.2) is 15.9 Å². The third kappa shape index (κ3) is 1.77. The van der Waals surface area contributed by atoms with Crippen LogP contribution < -0.4 is 5.32 Å². The predicted molar refractivity (Wildman–Crippen MR) is 69.6 cm³/mol. The van der Waals surface area contributed by atoms with Crippen LogP contribution >= 0.6 is 0 Å². The van der Waals surface area contributed by atoms with Crippen LogP contribution in [0.25, 0.3) is 10.9 Å². The van der Waals surface area contributed by atoms with Crippen molar-refractivity contribution in [1.29, 1.82) is 0 Å². The number of rotatable bonds is 3. The van der Waals surface area contributed by atoms with Crippen molar-refractivity contribution in [2.24, 2.45) is 5.92 Å². The molecule has 0 bridgehead atoms. The summed E-state index contributed by atoms with van der Waals surface area (Å²) in [6.07, 6.45) is 2.71. The Kier molecular flexibility index (Phi) is 2.40. The molecule has 1 aliphatic rings. The number of fused-ring (bicyclic) bond motifs is 1. The molecule has 1 aromatic carbocycles. The van der Waals surface area contributed by atoms with Gasteiger partial charge in [-0.1, -0.05) is 6.92 Å². The molecule has 0 spiro atoms. The summed E-state index contributed by atoms with van der Waals surface area (Å²) < 4.78 is 0. The average Bonchev–Trinajstić information content (AvgIpc) is 3.04. The molecule has 1 aliphatic carbocycles. The van der Waals surface area contributed by atoms with Crippen LogP contribution in [0, 0.1) is 16.0 Å². The number of aromatic nitrogens is 1. The molecule has 1 aromatic heterocycles. The highest BCUT2D eigenvalue weighted by Gasteiger charge is 2.34. The van der Waals surface area contributed by atoms with E-state index in [4.69, 9.17) is 0 Å². The fourth-order valence-corrected chi connectivity index (χ4v) is 2.17. The van der Waals surface area contributed by atoms with Crippen LogP contribution in [0.4, 0.5) is 11.4 Å². The van der Waals surface area contributed by atoms with Gasteiger partial charge in [0.05, 0.1) is 15.8 Å². The highest BCUT2D eigenvalue weighted by molar-refractivity contribution is 5.94. The molecule has 2 aromatic rings. The number of anilines is 1. The van der Waals surface area contributed by atoms with Crippen molar-refractivity contribution >= 4 is 22.3 Å². The summed E-state index contributed by atoms with van der Waals surface area (Å²) >= 11 is 0. The third-order valence-corrected chi connectivity index (χ3v) is 3.39. The molecular formula is C13H13N3O2. The minimum atomic E-state index is -0.334. The lowest BCUT2D eigenvalue weighted by Crippen LogP contribution is -2.06. The lowest BCUT2D eigenvalue weighted by molar-refractivity contribution is -0.382. The smallest absolute Gasteiger partial charge is 0.301 e. The molecule has 0 aliphatic heterocycles. The second kappa shape index (κ2) is 3.94. The van der Waals surface area contributed by atoms with Gasteiger partial charge in [-0.2, -0.15) is 0 Å². The zero-order valence-electron chi connectivity index (χ0n) is 9.96. The first-order valence-corrected chi connectivity index (χ1v) is 5.95. The van der Waals surface area contributed by atoms with Gasteiger partial charge in [0.25, 0.3) is 0 Å². The van der Waals surface area contributed by atoms with Crippen molar-refractivity contribution < 1.29 is 4.92 Å². The molecule has 92 valence electrons. The zero-order chi connectivity index (χ0) is 12.7.